The topological polar surface area (TPSA) is 37.8 Å². The van der Waals surface area contributed by atoms with Crippen LogP contribution in [0.5, 0.6) is 0 Å². The molecule has 3 nitrogen and oxygen atoms in total. The Morgan fingerprint density at radius 1 is 1.22 bits per heavy atom. The minimum Gasteiger partial charge on any atom is -0.369 e. The molecule has 0 bridgehead atoms. The van der Waals surface area contributed by atoms with Gasteiger partial charge in [-0.05, 0) is 57.3 Å². The highest BCUT2D eigenvalue weighted by molar-refractivity contribution is 9.11. The quantitative estimate of drug-likeness (QED) is 0.820. The van der Waals surface area contributed by atoms with Crippen molar-refractivity contribution >= 4 is 49.0 Å². The molecule has 0 aliphatic heterocycles. The molecule has 0 saturated carbocycles. The van der Waals surface area contributed by atoms with E-state index in [2.05, 4.69) is 61.0 Å². The Kier molecular flexibility index (Phi) is 4.75. The number of halogens is 2. The fourth-order valence-corrected chi connectivity index (χ4v) is 3.48. The SMILES string of the molecule is CCNc1nc(-c2ccc(Br)s2)nc(CC)c1Br. The third-order valence-corrected chi connectivity index (χ3v) is 4.85. The first-order valence-corrected chi connectivity index (χ1v) is 8.12. The van der Waals surface area contributed by atoms with E-state index in [0.717, 1.165) is 43.4 Å². The second-order valence-corrected chi connectivity index (χ2v) is 6.90. The van der Waals surface area contributed by atoms with Gasteiger partial charge in [0, 0.05) is 6.54 Å². The molecular formula is C12H13Br2N3S. The third kappa shape index (κ3) is 2.92. The number of rotatable bonds is 4. The van der Waals surface area contributed by atoms with Crippen molar-refractivity contribution in [3.05, 3.63) is 26.1 Å². The average Bonchev–Trinajstić information content (AvgIpc) is 2.79. The molecule has 0 spiro atoms. The predicted octanol–water partition coefficient (Wildman–Crippen LogP) is 4.72. The lowest BCUT2D eigenvalue weighted by Crippen LogP contribution is -2.05. The van der Waals surface area contributed by atoms with Gasteiger partial charge in [-0.3, -0.25) is 0 Å². The molecule has 1 N–H and O–H groups in total. The number of hydrogen-bond donors (Lipinski definition) is 1. The smallest absolute Gasteiger partial charge is 0.171 e. The van der Waals surface area contributed by atoms with E-state index in [4.69, 9.17) is 0 Å². The number of nitrogens with one attached hydrogen (secondary N) is 1. The zero-order valence-electron chi connectivity index (χ0n) is 10.1. The van der Waals surface area contributed by atoms with Gasteiger partial charge in [0.05, 0.1) is 18.8 Å². The minimum absolute atomic E-state index is 0.779. The number of aromatic nitrogens is 2. The molecule has 0 amide bonds. The molecule has 0 aliphatic carbocycles. The molecule has 0 fully saturated rings. The lowest BCUT2D eigenvalue weighted by Gasteiger charge is -2.10. The van der Waals surface area contributed by atoms with Crippen molar-refractivity contribution in [1.29, 1.82) is 0 Å². The summed E-state index contributed by atoms with van der Waals surface area (Å²) in [5.74, 6) is 1.64. The average molecular weight is 391 g/mol. The van der Waals surface area contributed by atoms with Crippen molar-refractivity contribution in [1.82, 2.24) is 9.97 Å². The summed E-state index contributed by atoms with van der Waals surface area (Å²) in [6.45, 7) is 4.99. The van der Waals surface area contributed by atoms with Gasteiger partial charge in [-0.25, -0.2) is 9.97 Å². The molecule has 2 heterocycles. The summed E-state index contributed by atoms with van der Waals surface area (Å²) >= 11 is 8.67. The van der Waals surface area contributed by atoms with Crippen LogP contribution >= 0.6 is 43.2 Å². The van der Waals surface area contributed by atoms with Gasteiger partial charge in [0.2, 0.25) is 0 Å². The maximum Gasteiger partial charge on any atom is 0.171 e. The van der Waals surface area contributed by atoms with Crippen LogP contribution < -0.4 is 5.32 Å². The van der Waals surface area contributed by atoms with Crippen molar-refractivity contribution in [2.24, 2.45) is 0 Å². The summed E-state index contributed by atoms with van der Waals surface area (Å²) < 4.78 is 2.05. The first kappa shape index (κ1) is 14.0. The Bertz CT molecular complexity index is 554. The van der Waals surface area contributed by atoms with Gasteiger partial charge in [0.1, 0.15) is 5.82 Å². The summed E-state index contributed by atoms with van der Waals surface area (Å²) in [5, 5.41) is 3.26. The molecule has 96 valence electrons. The lowest BCUT2D eigenvalue weighted by molar-refractivity contribution is 0.986. The predicted molar refractivity (Wildman–Crippen MR) is 84.3 cm³/mol. The maximum absolute atomic E-state index is 4.61. The molecule has 0 unspecified atom stereocenters. The normalized spacial score (nSPS) is 10.7. The van der Waals surface area contributed by atoms with Gasteiger partial charge >= 0.3 is 0 Å². The lowest BCUT2D eigenvalue weighted by atomic mass is 10.3. The fourth-order valence-electron chi connectivity index (χ4n) is 1.56. The molecule has 0 aliphatic rings. The second-order valence-electron chi connectivity index (χ2n) is 3.64. The van der Waals surface area contributed by atoms with Crippen molar-refractivity contribution in [3.63, 3.8) is 0 Å². The van der Waals surface area contributed by atoms with E-state index >= 15 is 0 Å². The van der Waals surface area contributed by atoms with Crippen LogP contribution in [0.15, 0.2) is 20.4 Å². The van der Waals surface area contributed by atoms with E-state index in [1.165, 1.54) is 0 Å². The Morgan fingerprint density at radius 2 is 2.00 bits per heavy atom. The van der Waals surface area contributed by atoms with Gasteiger partial charge < -0.3 is 5.32 Å². The van der Waals surface area contributed by atoms with Gasteiger partial charge in [-0.15, -0.1) is 11.3 Å². The number of nitrogens with zero attached hydrogens (tertiary/aromatic N) is 2. The van der Waals surface area contributed by atoms with Crippen molar-refractivity contribution in [2.75, 3.05) is 11.9 Å². The van der Waals surface area contributed by atoms with Crippen LogP contribution in [0.3, 0.4) is 0 Å². The molecule has 0 atom stereocenters. The summed E-state index contributed by atoms with van der Waals surface area (Å²) in [4.78, 5) is 10.3. The van der Waals surface area contributed by atoms with Gasteiger partial charge in [0.25, 0.3) is 0 Å². The zero-order valence-corrected chi connectivity index (χ0v) is 14.1. The summed E-state index contributed by atoms with van der Waals surface area (Å²) in [6, 6.07) is 4.05. The standard InChI is InChI=1S/C12H13Br2N3S/c1-3-7-10(14)12(15-4-2)17-11(16-7)8-5-6-9(13)18-8/h5-6H,3-4H2,1-2H3,(H,15,16,17). The van der Waals surface area contributed by atoms with Gasteiger partial charge in [-0.1, -0.05) is 6.92 Å². The Labute approximate surface area is 127 Å². The first-order valence-electron chi connectivity index (χ1n) is 5.71. The first-order chi connectivity index (χ1) is 8.65. The molecule has 18 heavy (non-hydrogen) atoms. The highest BCUT2D eigenvalue weighted by Crippen LogP contribution is 2.32. The molecule has 6 heteroatoms. The van der Waals surface area contributed by atoms with E-state index in [0.29, 0.717) is 0 Å². The van der Waals surface area contributed by atoms with Crippen molar-refractivity contribution in [2.45, 2.75) is 20.3 Å². The number of anilines is 1. The largest absolute Gasteiger partial charge is 0.369 e. The molecule has 0 radical (unpaired) electrons. The zero-order chi connectivity index (χ0) is 13.1. The molecule has 0 aromatic carbocycles. The Morgan fingerprint density at radius 3 is 2.56 bits per heavy atom. The van der Waals surface area contributed by atoms with Gasteiger partial charge in [-0.2, -0.15) is 0 Å². The molecular weight excluding hydrogens is 378 g/mol. The Hall–Kier alpha value is -0.460. The summed E-state index contributed by atoms with van der Waals surface area (Å²) in [6.07, 6.45) is 0.876. The number of thiophene rings is 1. The fraction of sp³-hybridized carbons (Fsp3) is 0.333. The van der Waals surface area contributed by atoms with Crippen LogP contribution in [0.25, 0.3) is 10.7 Å². The highest BCUT2D eigenvalue weighted by atomic mass is 79.9. The monoisotopic (exact) mass is 389 g/mol. The van der Waals surface area contributed by atoms with Crippen molar-refractivity contribution < 1.29 is 0 Å². The highest BCUT2D eigenvalue weighted by Gasteiger charge is 2.13. The second kappa shape index (κ2) is 6.12. The van der Waals surface area contributed by atoms with E-state index in [-0.39, 0.29) is 0 Å². The summed E-state index contributed by atoms with van der Waals surface area (Å²) in [5.41, 5.74) is 1.03. The van der Waals surface area contributed by atoms with E-state index in [9.17, 15) is 0 Å². The molecule has 2 aromatic heterocycles. The summed E-state index contributed by atoms with van der Waals surface area (Å²) in [7, 11) is 0. The van der Waals surface area contributed by atoms with Crippen LogP contribution in [0, 0.1) is 0 Å². The number of aryl methyl sites for hydroxylation is 1. The number of hydrogen-bond acceptors (Lipinski definition) is 4. The van der Waals surface area contributed by atoms with E-state index in [1.54, 1.807) is 11.3 Å². The van der Waals surface area contributed by atoms with E-state index < -0.39 is 0 Å². The van der Waals surface area contributed by atoms with Crippen molar-refractivity contribution in [3.8, 4) is 10.7 Å². The molecule has 2 rings (SSSR count). The van der Waals surface area contributed by atoms with Gasteiger partial charge in [0.15, 0.2) is 5.82 Å². The van der Waals surface area contributed by atoms with Crippen LogP contribution in [0.2, 0.25) is 0 Å². The minimum atomic E-state index is 0.779. The molecule has 0 saturated heterocycles. The third-order valence-electron chi connectivity index (χ3n) is 2.39. The van der Waals surface area contributed by atoms with Crippen LogP contribution in [0.4, 0.5) is 5.82 Å². The molecule has 2 aromatic rings. The van der Waals surface area contributed by atoms with Crippen LogP contribution in [-0.4, -0.2) is 16.5 Å². The van der Waals surface area contributed by atoms with Crippen LogP contribution in [0.1, 0.15) is 19.5 Å². The Balaban J connectivity index is 2.51. The maximum atomic E-state index is 4.61. The van der Waals surface area contributed by atoms with E-state index in [1.807, 2.05) is 12.1 Å². The van der Waals surface area contributed by atoms with Crippen LogP contribution in [-0.2, 0) is 6.42 Å².